The van der Waals surface area contributed by atoms with Gasteiger partial charge in [0.2, 0.25) is 5.82 Å². The smallest absolute Gasteiger partial charge is 0.343 e. The van der Waals surface area contributed by atoms with Crippen molar-refractivity contribution in [2.45, 2.75) is 26.2 Å². The van der Waals surface area contributed by atoms with Gasteiger partial charge in [0.25, 0.3) is 0 Å². The minimum atomic E-state index is -1.16. The van der Waals surface area contributed by atoms with Gasteiger partial charge >= 0.3 is 5.97 Å². The zero-order chi connectivity index (χ0) is 23.8. The first-order valence-electron chi connectivity index (χ1n) is 10.3. The Bertz CT molecular complexity index is 1190. The lowest BCUT2D eigenvalue weighted by atomic mass is 10.1. The van der Waals surface area contributed by atoms with Gasteiger partial charge in [-0.25, -0.2) is 18.0 Å². The Morgan fingerprint density at radius 1 is 0.848 bits per heavy atom. The molecule has 0 N–H and O–H groups in total. The molecule has 0 fully saturated rings. The molecule has 170 valence electrons. The molecule has 3 aromatic rings. The van der Waals surface area contributed by atoms with E-state index in [2.05, 4.69) is 11.8 Å². The van der Waals surface area contributed by atoms with Crippen LogP contribution in [0.2, 0.25) is 0 Å². The first-order chi connectivity index (χ1) is 15.9. The van der Waals surface area contributed by atoms with E-state index < -0.39 is 29.2 Å². The summed E-state index contributed by atoms with van der Waals surface area (Å²) in [4.78, 5) is 12.0. The first-order valence-corrected chi connectivity index (χ1v) is 10.3. The number of ether oxygens (including phenoxy) is 2. The normalized spacial score (nSPS) is 10.3. The van der Waals surface area contributed by atoms with E-state index in [1.165, 1.54) is 36.4 Å². The quantitative estimate of drug-likeness (QED) is 0.135. The summed E-state index contributed by atoms with van der Waals surface area (Å²) in [5.74, 6) is 0.00774. The van der Waals surface area contributed by atoms with Crippen LogP contribution >= 0.6 is 0 Å². The zero-order valence-corrected chi connectivity index (χ0v) is 17.8. The average Bonchev–Trinajstić information content (AvgIpc) is 2.81. The molecule has 0 bridgehead atoms. The Kier molecular flexibility index (Phi) is 8.09. The van der Waals surface area contributed by atoms with Crippen LogP contribution in [0.25, 0.3) is 0 Å². The molecule has 33 heavy (non-hydrogen) atoms. The van der Waals surface area contributed by atoms with Crippen molar-refractivity contribution in [1.29, 1.82) is 0 Å². The monoisotopic (exact) mass is 456 g/mol. The van der Waals surface area contributed by atoms with E-state index in [-0.39, 0.29) is 22.6 Å². The Balaban J connectivity index is 1.65. The van der Waals surface area contributed by atoms with Crippen molar-refractivity contribution >= 4 is 5.97 Å². The summed E-state index contributed by atoms with van der Waals surface area (Å²) in [5.41, 5.74) is 0.192. The molecule has 3 aromatic carbocycles. The van der Waals surface area contributed by atoms with Crippen LogP contribution in [0.1, 0.15) is 47.7 Å². The number of hydrogen-bond acceptors (Lipinski definition) is 3. The number of esters is 1. The molecular weight excluding hydrogens is 436 g/mol. The topological polar surface area (TPSA) is 35.5 Å². The molecule has 0 spiro atoms. The summed E-state index contributed by atoms with van der Waals surface area (Å²) in [6.45, 7) is 2.34. The molecule has 0 aliphatic rings. The molecule has 0 atom stereocenters. The van der Waals surface area contributed by atoms with Crippen LogP contribution in [0.3, 0.4) is 0 Å². The molecular formula is C26H20F4O3. The van der Waals surface area contributed by atoms with E-state index in [0.717, 1.165) is 37.5 Å². The van der Waals surface area contributed by atoms with Crippen LogP contribution in [0.5, 0.6) is 11.5 Å². The molecule has 3 nitrogen and oxygen atoms in total. The van der Waals surface area contributed by atoms with Crippen LogP contribution in [0, 0.1) is 35.1 Å². The Labute approximate surface area is 189 Å². The van der Waals surface area contributed by atoms with Crippen LogP contribution < -0.4 is 9.47 Å². The summed E-state index contributed by atoms with van der Waals surface area (Å²) in [6.07, 6.45) is 2.69. The maximum Gasteiger partial charge on any atom is 0.343 e. The predicted molar refractivity (Wildman–Crippen MR) is 115 cm³/mol. The first kappa shape index (κ1) is 23.9. The summed E-state index contributed by atoms with van der Waals surface area (Å²) in [5, 5.41) is 0. The highest BCUT2D eigenvalue weighted by Gasteiger charge is 2.14. The minimum absolute atomic E-state index is 0.123. The molecule has 0 aromatic heterocycles. The van der Waals surface area contributed by atoms with Gasteiger partial charge in [-0.2, -0.15) is 4.39 Å². The second-order valence-electron chi connectivity index (χ2n) is 7.09. The number of rotatable bonds is 7. The van der Waals surface area contributed by atoms with Crippen molar-refractivity contribution in [3.8, 4) is 23.3 Å². The number of unbranched alkanes of at least 4 members (excludes halogenated alkanes) is 2. The van der Waals surface area contributed by atoms with E-state index in [4.69, 9.17) is 9.47 Å². The molecule has 0 saturated heterocycles. The number of carbonyl (C=O) groups is 1. The third-order valence-corrected chi connectivity index (χ3v) is 4.61. The van der Waals surface area contributed by atoms with Crippen molar-refractivity contribution < 1.29 is 31.8 Å². The molecule has 0 saturated carbocycles. The number of hydrogen-bond donors (Lipinski definition) is 0. The lowest BCUT2D eigenvalue weighted by molar-refractivity contribution is 0.0734. The van der Waals surface area contributed by atoms with E-state index >= 15 is 0 Å². The van der Waals surface area contributed by atoms with Gasteiger partial charge in [0.1, 0.15) is 5.75 Å². The highest BCUT2D eigenvalue weighted by Crippen LogP contribution is 2.23. The number of benzene rings is 3. The molecule has 0 amide bonds. The van der Waals surface area contributed by atoms with Crippen LogP contribution in [-0.2, 0) is 0 Å². The Morgan fingerprint density at radius 2 is 1.61 bits per heavy atom. The molecule has 0 aliphatic heterocycles. The third kappa shape index (κ3) is 6.36. The maximum atomic E-state index is 14.3. The average molecular weight is 456 g/mol. The minimum Gasteiger partial charge on any atom is -0.490 e. The van der Waals surface area contributed by atoms with E-state index in [1.54, 1.807) is 0 Å². The summed E-state index contributed by atoms with van der Waals surface area (Å²) in [6, 6.07) is 11.3. The van der Waals surface area contributed by atoms with E-state index in [9.17, 15) is 22.4 Å². The van der Waals surface area contributed by atoms with Crippen molar-refractivity contribution in [3.63, 3.8) is 0 Å². The van der Waals surface area contributed by atoms with Crippen LogP contribution in [0.4, 0.5) is 17.6 Å². The molecule has 0 heterocycles. The fourth-order valence-electron chi connectivity index (χ4n) is 2.81. The van der Waals surface area contributed by atoms with Gasteiger partial charge in [-0.15, -0.1) is 0 Å². The maximum absolute atomic E-state index is 14.3. The molecule has 0 radical (unpaired) electrons. The SMILES string of the molecule is CCCCCOc1ccc(C#Cc2ccc(OC(=O)c3ccc(F)c(F)c3)cc2)c(F)c1F. The fourth-order valence-corrected chi connectivity index (χ4v) is 2.81. The van der Waals surface area contributed by atoms with Crippen molar-refractivity contribution in [1.82, 2.24) is 0 Å². The summed E-state index contributed by atoms with van der Waals surface area (Å²) >= 11 is 0. The van der Waals surface area contributed by atoms with Crippen LogP contribution in [0.15, 0.2) is 54.6 Å². The standard InChI is InChI=1S/C26H20F4O3/c1-2-3-4-15-32-23-14-10-18(24(29)25(23)30)8-5-17-6-11-20(12-7-17)33-26(31)19-9-13-21(27)22(28)16-19/h6-7,9-14,16H,2-4,15H2,1H3. The zero-order valence-electron chi connectivity index (χ0n) is 17.8. The molecule has 3 rings (SSSR count). The molecule has 0 aliphatic carbocycles. The summed E-state index contributed by atoms with van der Waals surface area (Å²) in [7, 11) is 0. The highest BCUT2D eigenvalue weighted by molar-refractivity contribution is 5.91. The van der Waals surface area contributed by atoms with Crippen molar-refractivity contribution in [2.24, 2.45) is 0 Å². The van der Waals surface area contributed by atoms with Gasteiger partial charge in [0.05, 0.1) is 17.7 Å². The van der Waals surface area contributed by atoms with Gasteiger partial charge < -0.3 is 9.47 Å². The predicted octanol–water partition coefficient (Wildman–Crippen LogP) is 6.43. The van der Waals surface area contributed by atoms with E-state index in [1.807, 2.05) is 6.92 Å². The van der Waals surface area contributed by atoms with Gasteiger partial charge in [0, 0.05) is 5.56 Å². The lowest BCUT2D eigenvalue weighted by Crippen LogP contribution is -2.09. The fraction of sp³-hybridized carbons (Fsp3) is 0.192. The largest absolute Gasteiger partial charge is 0.490 e. The van der Waals surface area contributed by atoms with Crippen molar-refractivity contribution in [3.05, 3.63) is 94.6 Å². The number of carbonyl (C=O) groups excluding carboxylic acids is 1. The van der Waals surface area contributed by atoms with Gasteiger partial charge in [-0.3, -0.25) is 0 Å². The Hall–Kier alpha value is -3.79. The van der Waals surface area contributed by atoms with Crippen LogP contribution in [-0.4, -0.2) is 12.6 Å². The van der Waals surface area contributed by atoms with Gasteiger partial charge in [0.15, 0.2) is 23.2 Å². The van der Waals surface area contributed by atoms with Crippen molar-refractivity contribution in [2.75, 3.05) is 6.61 Å². The molecule has 0 unspecified atom stereocenters. The van der Waals surface area contributed by atoms with Gasteiger partial charge in [-0.05, 0) is 61.0 Å². The van der Waals surface area contributed by atoms with Gasteiger partial charge in [-0.1, -0.05) is 31.6 Å². The molecule has 7 heteroatoms. The van der Waals surface area contributed by atoms with E-state index in [0.29, 0.717) is 12.2 Å². The lowest BCUT2D eigenvalue weighted by Gasteiger charge is -2.08. The highest BCUT2D eigenvalue weighted by atomic mass is 19.2. The third-order valence-electron chi connectivity index (χ3n) is 4.61. The Morgan fingerprint density at radius 3 is 2.30 bits per heavy atom. The second kappa shape index (κ2) is 11.2. The number of halogens is 4. The second-order valence-corrected chi connectivity index (χ2v) is 7.09. The summed E-state index contributed by atoms with van der Waals surface area (Å²) < 4.78 is 65.1.